The van der Waals surface area contributed by atoms with Gasteiger partial charge in [0, 0.05) is 19.6 Å². The zero-order chi connectivity index (χ0) is 37.4. The Kier molecular flexibility index (Phi) is 17.7. The van der Waals surface area contributed by atoms with Crippen molar-refractivity contribution in [1.29, 1.82) is 0 Å². The molecule has 280 valence electrons. The molecule has 0 saturated heterocycles. The lowest BCUT2D eigenvalue weighted by Crippen LogP contribution is -2.51. The first-order chi connectivity index (χ1) is 25.9. The molecule has 12 heteroatoms. The van der Waals surface area contributed by atoms with E-state index in [0.29, 0.717) is 19.5 Å². The van der Waals surface area contributed by atoms with Crippen LogP contribution in [0.5, 0.6) is 0 Å². The van der Waals surface area contributed by atoms with Crippen LogP contribution in [0.4, 0.5) is 14.4 Å². The number of nitrogens with zero attached hydrogens (tertiary/aromatic N) is 1. The topological polar surface area (TPSA) is 145 Å². The predicted octanol–water partition coefficient (Wildman–Crippen LogP) is 7.05. The molecule has 0 aromatic heterocycles. The van der Waals surface area contributed by atoms with Gasteiger partial charge in [0.1, 0.15) is 26.4 Å². The quantitative estimate of drug-likeness (QED) is 0.0357. The average Bonchev–Trinajstić information content (AvgIpc) is 3.19. The van der Waals surface area contributed by atoms with E-state index >= 15 is 0 Å². The van der Waals surface area contributed by atoms with E-state index in [0.717, 1.165) is 41.5 Å². The molecule has 4 aromatic rings. The lowest BCUT2D eigenvalue weighted by molar-refractivity contribution is -0.145. The fourth-order valence-electron chi connectivity index (χ4n) is 5.07. The Morgan fingerprint density at radius 3 is 1.51 bits per heavy atom. The highest BCUT2D eigenvalue weighted by Crippen LogP contribution is 2.08. The Hall–Kier alpha value is -5.88. The number of unbranched alkanes of at least 4 members (excludes halogenated alkanes) is 3. The number of hydrogen-bond donors (Lipinski definition) is 3. The fraction of sp³-hybridized carbons (Fsp3) is 0.317. The summed E-state index contributed by atoms with van der Waals surface area (Å²) in [7, 11) is 0. The predicted molar refractivity (Wildman–Crippen MR) is 199 cm³/mol. The number of benzene rings is 4. The van der Waals surface area contributed by atoms with Gasteiger partial charge in [-0.15, -0.1) is 0 Å². The molecule has 0 aliphatic carbocycles. The van der Waals surface area contributed by atoms with E-state index in [2.05, 4.69) is 16.1 Å². The van der Waals surface area contributed by atoms with Gasteiger partial charge in [0.15, 0.2) is 0 Å². The zero-order valence-corrected chi connectivity index (χ0v) is 29.8. The average molecular weight is 725 g/mol. The Balaban J connectivity index is 1.28. The number of carbonyl (C=O) groups excluding carboxylic acids is 4. The van der Waals surface area contributed by atoms with E-state index < -0.39 is 30.3 Å². The highest BCUT2D eigenvalue weighted by atomic mass is 16.6. The summed E-state index contributed by atoms with van der Waals surface area (Å²) < 4.78 is 21.7. The molecule has 3 amide bonds. The fourth-order valence-corrected chi connectivity index (χ4v) is 5.07. The number of carbonyl (C=O) groups is 4. The SMILES string of the molecule is O=C(C[C@@H](CNN(CCCCCCNC(=O)OCc1ccccc1)C(=O)OCc1ccccc1)NC(=O)OCc1ccccc1)OCc1ccccc1. The van der Waals surface area contributed by atoms with Crippen LogP contribution in [0, 0.1) is 0 Å². The summed E-state index contributed by atoms with van der Waals surface area (Å²) in [6, 6.07) is 36.5. The van der Waals surface area contributed by atoms with Crippen molar-refractivity contribution in [2.24, 2.45) is 0 Å². The minimum Gasteiger partial charge on any atom is -0.461 e. The van der Waals surface area contributed by atoms with Crippen molar-refractivity contribution in [3.05, 3.63) is 144 Å². The molecular weight excluding hydrogens is 676 g/mol. The number of hydrazine groups is 1. The van der Waals surface area contributed by atoms with Crippen LogP contribution in [0.15, 0.2) is 121 Å². The Morgan fingerprint density at radius 1 is 0.528 bits per heavy atom. The molecule has 0 saturated carbocycles. The van der Waals surface area contributed by atoms with Crippen LogP contribution in [0.1, 0.15) is 54.4 Å². The Morgan fingerprint density at radius 2 is 0.981 bits per heavy atom. The zero-order valence-electron chi connectivity index (χ0n) is 29.8. The third-order valence-corrected chi connectivity index (χ3v) is 7.94. The van der Waals surface area contributed by atoms with Gasteiger partial charge in [-0.2, -0.15) is 0 Å². The number of ether oxygens (including phenoxy) is 4. The van der Waals surface area contributed by atoms with Crippen molar-refractivity contribution in [3.8, 4) is 0 Å². The molecule has 3 N–H and O–H groups in total. The summed E-state index contributed by atoms with van der Waals surface area (Å²) in [5.41, 5.74) is 6.45. The molecule has 4 aromatic carbocycles. The van der Waals surface area contributed by atoms with Gasteiger partial charge in [0.05, 0.1) is 12.5 Å². The second-order valence-electron chi connectivity index (χ2n) is 12.2. The maximum absolute atomic E-state index is 13.3. The van der Waals surface area contributed by atoms with Crippen LogP contribution >= 0.6 is 0 Å². The van der Waals surface area contributed by atoms with E-state index in [9.17, 15) is 19.2 Å². The van der Waals surface area contributed by atoms with Gasteiger partial charge in [0.25, 0.3) is 0 Å². The van der Waals surface area contributed by atoms with Crippen molar-refractivity contribution < 1.29 is 38.1 Å². The number of alkyl carbamates (subject to hydrolysis) is 2. The van der Waals surface area contributed by atoms with Gasteiger partial charge in [-0.25, -0.2) is 24.8 Å². The normalized spacial score (nSPS) is 11.1. The van der Waals surface area contributed by atoms with Gasteiger partial charge < -0.3 is 29.6 Å². The summed E-state index contributed by atoms with van der Waals surface area (Å²) in [6.07, 6.45) is 0.966. The van der Waals surface area contributed by atoms with Crippen molar-refractivity contribution in [1.82, 2.24) is 21.1 Å². The second kappa shape index (κ2) is 23.6. The lowest BCUT2D eigenvalue weighted by atomic mass is 10.2. The summed E-state index contributed by atoms with van der Waals surface area (Å²) in [5, 5.41) is 6.85. The lowest BCUT2D eigenvalue weighted by Gasteiger charge is -2.26. The van der Waals surface area contributed by atoms with E-state index in [1.165, 1.54) is 5.01 Å². The minimum absolute atomic E-state index is 0.0102. The summed E-state index contributed by atoms with van der Waals surface area (Å²) in [4.78, 5) is 51.0. The molecule has 0 aliphatic rings. The smallest absolute Gasteiger partial charge is 0.424 e. The Labute approximate surface area is 310 Å². The molecule has 0 spiro atoms. The molecule has 12 nitrogen and oxygen atoms in total. The second-order valence-corrected chi connectivity index (χ2v) is 12.2. The third kappa shape index (κ3) is 16.8. The van der Waals surface area contributed by atoms with Crippen LogP contribution in [-0.2, 0) is 50.2 Å². The summed E-state index contributed by atoms with van der Waals surface area (Å²) in [5.74, 6) is -0.528. The van der Waals surface area contributed by atoms with Crippen LogP contribution in [0.3, 0.4) is 0 Å². The minimum atomic E-state index is -0.779. The molecular formula is C41H48N4O8. The van der Waals surface area contributed by atoms with Gasteiger partial charge in [0.2, 0.25) is 0 Å². The number of amides is 3. The molecule has 0 aliphatic heterocycles. The van der Waals surface area contributed by atoms with Crippen LogP contribution in [-0.4, -0.2) is 54.9 Å². The van der Waals surface area contributed by atoms with E-state index in [-0.39, 0.29) is 39.4 Å². The standard InChI is InChI=1S/C41H48N4O8/c46-38(50-29-33-17-7-3-8-18-33)27-37(44-40(48)52-31-35-21-11-5-12-22-35)28-43-45(41(49)53-32-36-23-13-6-14-24-36)26-16-2-1-15-25-42-39(47)51-30-34-19-9-4-10-20-34/h3-14,17-24,37,43H,1-2,15-16,25-32H2,(H,42,47)(H,44,48)/t37-/m0/s1. The van der Waals surface area contributed by atoms with E-state index in [1.54, 1.807) is 0 Å². The van der Waals surface area contributed by atoms with Crippen LogP contribution in [0.2, 0.25) is 0 Å². The molecule has 4 rings (SSSR count). The van der Waals surface area contributed by atoms with Crippen molar-refractivity contribution >= 4 is 24.2 Å². The summed E-state index contributed by atoms with van der Waals surface area (Å²) >= 11 is 0. The van der Waals surface area contributed by atoms with Gasteiger partial charge in [-0.05, 0) is 35.1 Å². The molecule has 1 atom stereocenters. The molecule has 0 unspecified atom stereocenters. The maximum Gasteiger partial charge on any atom is 0.424 e. The van der Waals surface area contributed by atoms with Gasteiger partial charge in [-0.1, -0.05) is 134 Å². The number of nitrogens with one attached hydrogen (secondary N) is 3. The first kappa shape index (κ1) is 39.9. The monoisotopic (exact) mass is 724 g/mol. The molecule has 53 heavy (non-hydrogen) atoms. The number of rotatable bonds is 21. The molecule has 0 heterocycles. The highest BCUT2D eigenvalue weighted by Gasteiger charge is 2.22. The van der Waals surface area contributed by atoms with Crippen LogP contribution < -0.4 is 16.1 Å². The van der Waals surface area contributed by atoms with Gasteiger partial charge in [-0.3, -0.25) is 4.79 Å². The number of esters is 1. The summed E-state index contributed by atoms with van der Waals surface area (Å²) in [6.45, 7) is 1.18. The van der Waals surface area contributed by atoms with Gasteiger partial charge >= 0.3 is 24.2 Å². The molecule has 0 bridgehead atoms. The first-order valence-corrected chi connectivity index (χ1v) is 17.8. The Bertz CT molecular complexity index is 1590. The maximum atomic E-state index is 13.3. The highest BCUT2D eigenvalue weighted by molar-refractivity contribution is 5.73. The van der Waals surface area contributed by atoms with Crippen molar-refractivity contribution in [2.45, 2.75) is 64.6 Å². The molecule has 0 radical (unpaired) electrons. The molecule has 0 fully saturated rings. The largest absolute Gasteiger partial charge is 0.461 e. The van der Waals surface area contributed by atoms with Crippen molar-refractivity contribution in [2.75, 3.05) is 19.6 Å². The van der Waals surface area contributed by atoms with E-state index in [4.69, 9.17) is 18.9 Å². The van der Waals surface area contributed by atoms with Crippen LogP contribution in [0.25, 0.3) is 0 Å². The van der Waals surface area contributed by atoms with E-state index in [1.807, 2.05) is 121 Å². The third-order valence-electron chi connectivity index (χ3n) is 7.94. The van der Waals surface area contributed by atoms with Crippen molar-refractivity contribution in [3.63, 3.8) is 0 Å². The number of hydrogen-bond acceptors (Lipinski definition) is 9. The first-order valence-electron chi connectivity index (χ1n) is 17.8.